The van der Waals surface area contributed by atoms with Crippen LogP contribution in [-0.2, 0) is 52.3 Å². The lowest BCUT2D eigenvalue weighted by Gasteiger charge is -2.44. The van der Waals surface area contributed by atoms with Crippen molar-refractivity contribution in [3.63, 3.8) is 0 Å². The Kier molecular flexibility index (Phi) is 17.0. The Bertz CT molecular complexity index is 1270. The minimum atomic E-state index is -1.52. The Morgan fingerprint density at radius 2 is 1.53 bits per heavy atom. The van der Waals surface area contributed by atoms with Crippen molar-refractivity contribution in [2.45, 2.75) is 110 Å². The fourth-order valence-electron chi connectivity index (χ4n) is 4.71. The molecule has 1 aliphatic rings. The Morgan fingerprint density at radius 1 is 0.894 bits per heavy atom. The second-order valence-electron chi connectivity index (χ2n) is 10.7. The van der Waals surface area contributed by atoms with Gasteiger partial charge in [0.2, 0.25) is 0 Å². The number of rotatable bonds is 18. The lowest BCUT2D eigenvalue weighted by Crippen LogP contribution is -2.63. The summed E-state index contributed by atoms with van der Waals surface area (Å²) in [7, 11) is 0. The van der Waals surface area contributed by atoms with Gasteiger partial charge in [0.1, 0.15) is 24.9 Å². The standard InChI is InChI=1S/C32H43N3O12/c1-6-7-8-9-10-14-17-26(46-31(40)24-15-12-11-13-16-24)25(34-35-33)18-42-32-30(45-23(5)39)29(44-22(4)38)28(43-21(3)37)27(47-32)19-41-20(2)36/h11-17,25-30,32H,6-10,18-19H2,1-5H3/t25-,26+,27+,28-,29-,30+,32-/m0/s1. The maximum absolute atomic E-state index is 13.0. The van der Waals surface area contributed by atoms with Crippen LogP contribution in [0.5, 0.6) is 0 Å². The number of hydrogen-bond donors (Lipinski definition) is 0. The molecule has 0 spiro atoms. The molecule has 1 aliphatic heterocycles. The van der Waals surface area contributed by atoms with Crippen LogP contribution in [0, 0.1) is 0 Å². The Balaban J connectivity index is 2.43. The van der Waals surface area contributed by atoms with Crippen LogP contribution in [0.2, 0.25) is 0 Å². The van der Waals surface area contributed by atoms with E-state index >= 15 is 0 Å². The van der Waals surface area contributed by atoms with Crippen molar-refractivity contribution in [2.75, 3.05) is 13.2 Å². The maximum Gasteiger partial charge on any atom is 0.338 e. The third kappa shape index (κ3) is 13.8. The van der Waals surface area contributed by atoms with Crippen molar-refractivity contribution in [1.82, 2.24) is 0 Å². The van der Waals surface area contributed by atoms with E-state index in [1.165, 1.54) is 0 Å². The second-order valence-corrected chi connectivity index (χ2v) is 10.7. The summed E-state index contributed by atoms with van der Waals surface area (Å²) in [6.07, 6.45) is 0.0249. The zero-order valence-corrected chi connectivity index (χ0v) is 27.3. The normalized spacial score (nSPS) is 21.9. The largest absolute Gasteiger partial charge is 0.463 e. The van der Waals surface area contributed by atoms with Gasteiger partial charge in [0, 0.05) is 32.6 Å². The zero-order chi connectivity index (χ0) is 34.8. The summed E-state index contributed by atoms with van der Waals surface area (Å²) in [6, 6.07) is 7.09. The van der Waals surface area contributed by atoms with E-state index in [-0.39, 0.29) is 5.56 Å². The molecular weight excluding hydrogens is 618 g/mol. The van der Waals surface area contributed by atoms with Crippen molar-refractivity contribution in [3.8, 4) is 0 Å². The number of carbonyl (C=O) groups excluding carboxylic acids is 5. The van der Waals surface area contributed by atoms with E-state index in [0.29, 0.717) is 6.42 Å². The number of unbranched alkanes of at least 4 members (excludes halogenated alkanes) is 4. The topological polar surface area (TPSA) is 199 Å². The molecular formula is C32H43N3O12. The minimum absolute atomic E-state index is 0.272. The summed E-state index contributed by atoms with van der Waals surface area (Å²) < 4.78 is 39.0. The summed E-state index contributed by atoms with van der Waals surface area (Å²) in [5.41, 5.74) is 9.69. The second kappa shape index (κ2) is 20.6. The highest BCUT2D eigenvalue weighted by atomic mass is 16.7. The molecule has 1 heterocycles. The van der Waals surface area contributed by atoms with Crippen LogP contribution < -0.4 is 0 Å². The molecule has 15 heteroatoms. The number of hydrogen-bond acceptors (Lipinski definition) is 13. The van der Waals surface area contributed by atoms with Gasteiger partial charge in [-0.1, -0.05) is 55.6 Å². The van der Waals surface area contributed by atoms with E-state index < -0.39 is 85.9 Å². The van der Waals surface area contributed by atoms with Crippen LogP contribution in [0.3, 0.4) is 0 Å². The van der Waals surface area contributed by atoms with E-state index in [1.54, 1.807) is 36.4 Å². The van der Waals surface area contributed by atoms with Crippen LogP contribution in [0.1, 0.15) is 77.1 Å². The van der Waals surface area contributed by atoms with Gasteiger partial charge < -0.3 is 33.2 Å². The number of nitrogens with zero attached hydrogens (tertiary/aromatic N) is 3. The first kappa shape index (κ1) is 38.7. The third-order valence-electron chi connectivity index (χ3n) is 6.76. The fourth-order valence-corrected chi connectivity index (χ4v) is 4.71. The predicted molar refractivity (Wildman–Crippen MR) is 164 cm³/mol. The van der Waals surface area contributed by atoms with Crippen molar-refractivity contribution in [1.29, 1.82) is 0 Å². The van der Waals surface area contributed by atoms with Gasteiger partial charge in [0.15, 0.2) is 24.6 Å². The molecule has 258 valence electrons. The van der Waals surface area contributed by atoms with Crippen LogP contribution in [0.4, 0.5) is 0 Å². The Hall–Kier alpha value is -4.46. The molecule has 0 amide bonds. The molecule has 0 radical (unpaired) electrons. The van der Waals surface area contributed by atoms with Gasteiger partial charge in [-0.25, -0.2) is 4.79 Å². The van der Waals surface area contributed by atoms with Gasteiger partial charge in [-0.3, -0.25) is 19.2 Å². The molecule has 0 aliphatic carbocycles. The van der Waals surface area contributed by atoms with Gasteiger partial charge >= 0.3 is 29.8 Å². The van der Waals surface area contributed by atoms with Gasteiger partial charge in [-0.05, 0) is 36.6 Å². The smallest absolute Gasteiger partial charge is 0.338 e. The van der Waals surface area contributed by atoms with Crippen molar-refractivity contribution >= 4 is 29.8 Å². The Morgan fingerprint density at radius 3 is 2.13 bits per heavy atom. The molecule has 7 atom stereocenters. The predicted octanol–water partition coefficient (Wildman–Crippen LogP) is 4.52. The molecule has 0 unspecified atom stereocenters. The number of carbonyl (C=O) groups is 5. The highest BCUT2D eigenvalue weighted by molar-refractivity contribution is 5.89. The number of ether oxygens (including phenoxy) is 7. The molecule has 0 saturated carbocycles. The van der Waals surface area contributed by atoms with Crippen LogP contribution >= 0.6 is 0 Å². The first-order valence-corrected chi connectivity index (χ1v) is 15.4. The van der Waals surface area contributed by atoms with Crippen molar-refractivity contribution in [2.24, 2.45) is 5.11 Å². The zero-order valence-electron chi connectivity index (χ0n) is 27.3. The van der Waals surface area contributed by atoms with Gasteiger partial charge in [-0.2, -0.15) is 0 Å². The highest BCUT2D eigenvalue weighted by Gasteiger charge is 2.53. The molecule has 15 nitrogen and oxygen atoms in total. The van der Waals surface area contributed by atoms with E-state index in [2.05, 4.69) is 16.9 Å². The van der Waals surface area contributed by atoms with E-state index in [9.17, 15) is 29.5 Å². The maximum atomic E-state index is 13.0. The molecule has 0 N–H and O–H groups in total. The van der Waals surface area contributed by atoms with Crippen molar-refractivity contribution in [3.05, 3.63) is 58.5 Å². The number of azide groups is 1. The molecule has 1 aromatic carbocycles. The molecule has 1 aromatic rings. The number of benzene rings is 1. The first-order valence-electron chi connectivity index (χ1n) is 15.4. The molecule has 0 bridgehead atoms. The monoisotopic (exact) mass is 661 g/mol. The van der Waals surface area contributed by atoms with E-state index in [0.717, 1.165) is 53.4 Å². The molecule has 2 rings (SSSR count). The fraction of sp³-hybridized carbons (Fsp3) is 0.594. The summed E-state index contributed by atoms with van der Waals surface area (Å²) in [4.78, 5) is 63.8. The van der Waals surface area contributed by atoms with Crippen LogP contribution in [0.25, 0.3) is 10.4 Å². The third-order valence-corrected chi connectivity index (χ3v) is 6.76. The van der Waals surface area contributed by atoms with E-state index in [1.807, 2.05) is 6.08 Å². The number of allylic oxidation sites excluding steroid dienone is 1. The van der Waals surface area contributed by atoms with Gasteiger partial charge in [0.25, 0.3) is 0 Å². The van der Waals surface area contributed by atoms with Gasteiger partial charge in [-0.15, -0.1) is 0 Å². The van der Waals surface area contributed by atoms with Crippen LogP contribution in [-0.4, -0.2) is 85.9 Å². The first-order chi connectivity index (χ1) is 22.5. The van der Waals surface area contributed by atoms with Crippen molar-refractivity contribution < 1.29 is 57.1 Å². The van der Waals surface area contributed by atoms with Gasteiger partial charge in [0.05, 0.1) is 12.2 Å². The Labute approximate surface area is 273 Å². The SMILES string of the molecule is CCCCCCC=C[C@@H](OC(=O)c1ccccc1)[C@H](CO[C@H]1O[C@H](COC(C)=O)[C@H](OC(C)=O)[C@H](OC(C)=O)[C@H]1OC(C)=O)N=[N+]=[N-]. The minimum Gasteiger partial charge on any atom is -0.463 e. The molecule has 0 aromatic heterocycles. The average molecular weight is 662 g/mol. The molecule has 47 heavy (non-hydrogen) atoms. The average Bonchev–Trinajstić information content (AvgIpc) is 3.01. The highest BCUT2D eigenvalue weighted by Crippen LogP contribution is 2.30. The van der Waals surface area contributed by atoms with E-state index in [4.69, 9.17) is 33.2 Å². The van der Waals surface area contributed by atoms with Crippen LogP contribution in [0.15, 0.2) is 47.6 Å². The number of esters is 5. The summed E-state index contributed by atoms with van der Waals surface area (Å²) in [5.74, 6) is -3.74. The lowest BCUT2D eigenvalue weighted by atomic mass is 9.98. The molecule has 1 saturated heterocycles. The quantitative estimate of drug-likeness (QED) is 0.0406. The summed E-state index contributed by atoms with van der Waals surface area (Å²) in [6.45, 7) is 5.67. The summed E-state index contributed by atoms with van der Waals surface area (Å²) >= 11 is 0. The molecule has 1 fully saturated rings. The lowest BCUT2D eigenvalue weighted by molar-refractivity contribution is -0.309. The summed E-state index contributed by atoms with van der Waals surface area (Å²) in [5, 5.41) is 3.81.